The van der Waals surface area contributed by atoms with Gasteiger partial charge in [-0.1, -0.05) is 24.3 Å². The molecule has 3 aromatic carbocycles. The van der Waals surface area contributed by atoms with E-state index in [0.29, 0.717) is 30.0 Å². The zero-order valence-corrected chi connectivity index (χ0v) is 23.3. The number of fused-ring (bicyclic) bond motifs is 2. The van der Waals surface area contributed by atoms with Gasteiger partial charge in [0, 0.05) is 25.4 Å². The summed E-state index contributed by atoms with van der Waals surface area (Å²) in [5, 5.41) is 12.4. The Bertz CT molecular complexity index is 1780. The molecule has 0 bridgehead atoms. The predicted molar refractivity (Wildman–Crippen MR) is 149 cm³/mol. The average molecular weight is 605 g/mol. The number of aliphatic carboxylic acids is 1. The first-order valence-electron chi connectivity index (χ1n) is 12.5. The predicted octanol–water partition coefficient (Wildman–Crippen LogP) is 3.73. The molecular formula is C28H27F3N4O6S. The van der Waals surface area contributed by atoms with E-state index in [4.69, 9.17) is 20.4 Å². The molecule has 4 aromatic rings. The Labute approximate surface area is 238 Å². The number of carboxylic acid groups (broad SMARTS) is 1. The fourth-order valence-electron chi connectivity index (χ4n) is 4.82. The highest BCUT2D eigenvalue weighted by Gasteiger charge is 2.50. The summed E-state index contributed by atoms with van der Waals surface area (Å²) in [5.41, 5.74) is 6.09. The van der Waals surface area contributed by atoms with Crippen molar-refractivity contribution in [1.29, 1.82) is 0 Å². The summed E-state index contributed by atoms with van der Waals surface area (Å²) < 4.78 is 66.0. The fourth-order valence-corrected chi connectivity index (χ4v) is 6.35. The molecule has 14 heteroatoms. The number of nitrogens with two attached hydrogens (primary N) is 1. The smallest absolute Gasteiger partial charge is 0.490 e. The third-order valence-electron chi connectivity index (χ3n) is 7.10. The monoisotopic (exact) mass is 604 g/mol. The van der Waals surface area contributed by atoms with Gasteiger partial charge in [-0.3, -0.25) is 4.79 Å². The van der Waals surface area contributed by atoms with Crippen LogP contribution in [0.15, 0.2) is 71.6 Å². The van der Waals surface area contributed by atoms with E-state index < -0.39 is 27.7 Å². The number of hydrogen-bond donors (Lipinski definition) is 3. The standard InChI is InChI=1S/C26H26N4O4S.C2HF3O2/c1-30(35(32,33)21-9-7-17-6-8-20(34-2)14-19(17)15-21)26(12-13-28-25(26)31)16-18-4-3-5-23-22(18)10-11-24(27)29-23;3-2(4,5)1(6)7/h3-11,14-15H,12-13,16H2,1-2H3,(H2,27,29)(H,28,31);(H,6,7)/t26-;/m1./s1. The van der Waals surface area contributed by atoms with Crippen LogP contribution in [0.2, 0.25) is 0 Å². The Kier molecular flexibility index (Phi) is 8.32. The van der Waals surface area contributed by atoms with Crippen LogP contribution in [0.25, 0.3) is 21.7 Å². The molecule has 1 amide bonds. The van der Waals surface area contributed by atoms with Crippen molar-refractivity contribution in [3.05, 3.63) is 72.3 Å². The van der Waals surface area contributed by atoms with Gasteiger partial charge in [-0.15, -0.1) is 0 Å². The van der Waals surface area contributed by atoms with Crippen LogP contribution in [0, 0.1) is 0 Å². The minimum atomic E-state index is -5.08. The van der Waals surface area contributed by atoms with Crippen LogP contribution in [0.5, 0.6) is 5.75 Å². The van der Waals surface area contributed by atoms with Gasteiger partial charge in [0.1, 0.15) is 17.1 Å². The number of benzene rings is 3. The number of carbonyl (C=O) groups is 2. The second-order valence-electron chi connectivity index (χ2n) is 9.58. The number of aromatic nitrogens is 1. The SMILES string of the molecule is COc1ccc2ccc(S(=O)(=O)N(C)[C@@]3(Cc4cccc5nc(N)ccc45)CCNC3=O)cc2c1.O=C(O)C(F)(F)F. The normalized spacial score (nSPS) is 17.1. The van der Waals surface area contributed by atoms with Crippen LogP contribution < -0.4 is 15.8 Å². The molecule has 42 heavy (non-hydrogen) atoms. The molecule has 10 nitrogen and oxygen atoms in total. The van der Waals surface area contributed by atoms with Gasteiger partial charge >= 0.3 is 12.1 Å². The maximum Gasteiger partial charge on any atom is 0.490 e. The lowest BCUT2D eigenvalue weighted by molar-refractivity contribution is -0.192. The van der Waals surface area contributed by atoms with E-state index in [1.807, 2.05) is 36.4 Å². The molecular weight excluding hydrogens is 577 g/mol. The van der Waals surface area contributed by atoms with Crippen molar-refractivity contribution < 1.29 is 41.0 Å². The van der Waals surface area contributed by atoms with Crippen LogP contribution in [0.3, 0.4) is 0 Å². The average Bonchev–Trinajstić information content (AvgIpc) is 3.31. The minimum Gasteiger partial charge on any atom is -0.497 e. The van der Waals surface area contributed by atoms with Gasteiger partial charge in [0.05, 0.1) is 17.5 Å². The number of nitrogens with one attached hydrogen (secondary N) is 1. The van der Waals surface area contributed by atoms with Crippen molar-refractivity contribution in [3.8, 4) is 5.75 Å². The fraction of sp³-hybridized carbons (Fsp3) is 0.250. The van der Waals surface area contributed by atoms with E-state index in [0.717, 1.165) is 21.7 Å². The number of carboxylic acids is 1. The first-order valence-corrected chi connectivity index (χ1v) is 13.9. The maximum absolute atomic E-state index is 13.9. The Morgan fingerprint density at radius 3 is 2.43 bits per heavy atom. The van der Waals surface area contributed by atoms with Crippen LogP contribution in [0.4, 0.5) is 19.0 Å². The van der Waals surface area contributed by atoms with Crippen LogP contribution >= 0.6 is 0 Å². The largest absolute Gasteiger partial charge is 0.497 e. The van der Waals surface area contributed by atoms with E-state index in [1.54, 1.807) is 37.4 Å². The summed E-state index contributed by atoms with van der Waals surface area (Å²) in [4.78, 5) is 26.6. The topological polar surface area (TPSA) is 152 Å². The number of anilines is 1. The summed E-state index contributed by atoms with van der Waals surface area (Å²) in [6.07, 6.45) is -4.53. The summed E-state index contributed by atoms with van der Waals surface area (Å²) >= 11 is 0. The molecule has 1 aliphatic rings. The lowest BCUT2D eigenvalue weighted by atomic mass is 9.87. The molecule has 1 atom stereocenters. The summed E-state index contributed by atoms with van der Waals surface area (Å²) in [6, 6.07) is 19.6. The molecule has 4 N–H and O–H groups in total. The molecule has 1 aromatic heterocycles. The minimum absolute atomic E-state index is 0.118. The number of amides is 1. The number of rotatable bonds is 6. The lowest BCUT2D eigenvalue weighted by Crippen LogP contribution is -2.55. The number of ether oxygens (including phenoxy) is 1. The molecule has 222 valence electrons. The molecule has 2 heterocycles. The lowest BCUT2D eigenvalue weighted by Gasteiger charge is -2.35. The van der Waals surface area contributed by atoms with Gasteiger partial charge < -0.3 is 20.9 Å². The Balaban J connectivity index is 0.000000517. The van der Waals surface area contributed by atoms with Gasteiger partial charge in [-0.2, -0.15) is 17.5 Å². The number of pyridine rings is 1. The van der Waals surface area contributed by atoms with E-state index in [1.165, 1.54) is 11.4 Å². The molecule has 1 aliphatic heterocycles. The highest BCUT2D eigenvalue weighted by molar-refractivity contribution is 7.89. The number of sulfonamides is 1. The number of carbonyl (C=O) groups excluding carboxylic acids is 1. The molecule has 0 aliphatic carbocycles. The zero-order valence-electron chi connectivity index (χ0n) is 22.5. The Morgan fingerprint density at radius 1 is 1.12 bits per heavy atom. The second kappa shape index (κ2) is 11.4. The number of alkyl halides is 3. The van der Waals surface area contributed by atoms with Crippen LogP contribution in [0.1, 0.15) is 12.0 Å². The highest BCUT2D eigenvalue weighted by Crippen LogP contribution is 2.35. The molecule has 0 spiro atoms. The van der Waals surface area contributed by atoms with Crippen molar-refractivity contribution in [3.63, 3.8) is 0 Å². The third-order valence-corrected chi connectivity index (χ3v) is 9.02. The van der Waals surface area contributed by atoms with E-state index in [2.05, 4.69) is 10.3 Å². The summed E-state index contributed by atoms with van der Waals surface area (Å²) in [5.74, 6) is -2.04. The van der Waals surface area contributed by atoms with E-state index in [9.17, 15) is 26.4 Å². The number of hydrogen-bond acceptors (Lipinski definition) is 7. The molecule has 0 saturated carbocycles. The van der Waals surface area contributed by atoms with Gasteiger partial charge in [0.15, 0.2) is 0 Å². The quantitative estimate of drug-likeness (QED) is 0.301. The van der Waals surface area contributed by atoms with Gasteiger partial charge in [-0.05, 0) is 65.2 Å². The molecule has 0 radical (unpaired) electrons. The van der Waals surface area contributed by atoms with Gasteiger partial charge in [-0.25, -0.2) is 18.2 Å². The molecule has 1 saturated heterocycles. The van der Waals surface area contributed by atoms with Crippen molar-refractivity contribution in [2.24, 2.45) is 0 Å². The van der Waals surface area contributed by atoms with Gasteiger partial charge in [0.25, 0.3) is 0 Å². The number of halogens is 3. The van der Waals surface area contributed by atoms with Crippen molar-refractivity contribution in [2.45, 2.75) is 29.5 Å². The number of methoxy groups -OCH3 is 1. The number of nitrogens with zero attached hydrogens (tertiary/aromatic N) is 2. The van der Waals surface area contributed by atoms with Crippen LogP contribution in [-0.4, -0.2) is 67.1 Å². The maximum atomic E-state index is 13.9. The van der Waals surface area contributed by atoms with Crippen molar-refractivity contribution in [2.75, 3.05) is 26.4 Å². The van der Waals surface area contributed by atoms with E-state index in [-0.39, 0.29) is 17.2 Å². The summed E-state index contributed by atoms with van der Waals surface area (Å²) in [7, 11) is -0.961. The van der Waals surface area contributed by atoms with E-state index >= 15 is 0 Å². The first kappa shape index (κ1) is 30.5. The number of nitrogen functional groups attached to an aromatic ring is 1. The third kappa shape index (κ3) is 5.94. The van der Waals surface area contributed by atoms with Crippen molar-refractivity contribution >= 4 is 49.4 Å². The second-order valence-corrected chi connectivity index (χ2v) is 11.6. The Morgan fingerprint density at radius 2 is 1.81 bits per heavy atom. The highest BCUT2D eigenvalue weighted by atomic mass is 32.2. The number of likely N-dealkylation sites (N-methyl/N-ethyl adjacent to an activating group) is 1. The molecule has 0 unspecified atom stereocenters. The Hall–Kier alpha value is -4.43. The summed E-state index contributed by atoms with van der Waals surface area (Å²) in [6.45, 7) is 0.392. The molecule has 1 fully saturated rings. The zero-order chi connectivity index (χ0) is 30.9. The first-order chi connectivity index (χ1) is 19.7. The van der Waals surface area contributed by atoms with Crippen molar-refractivity contribution in [1.82, 2.24) is 14.6 Å². The van der Waals surface area contributed by atoms with Gasteiger partial charge in [0.2, 0.25) is 15.9 Å². The molecule has 5 rings (SSSR count). The van der Waals surface area contributed by atoms with Crippen LogP contribution in [-0.2, 0) is 26.0 Å².